The first kappa shape index (κ1) is 19.7. The van der Waals surface area contributed by atoms with Gasteiger partial charge >= 0.3 is 0 Å². The van der Waals surface area contributed by atoms with Crippen LogP contribution < -0.4 is 5.32 Å². The summed E-state index contributed by atoms with van der Waals surface area (Å²) in [5.74, 6) is -0.216. The van der Waals surface area contributed by atoms with Gasteiger partial charge in [-0.2, -0.15) is 17.0 Å². The third-order valence-electron chi connectivity index (χ3n) is 5.21. The van der Waals surface area contributed by atoms with E-state index in [1.54, 1.807) is 8.61 Å². The van der Waals surface area contributed by atoms with E-state index in [0.717, 1.165) is 51.4 Å². The van der Waals surface area contributed by atoms with E-state index in [1.807, 2.05) is 6.92 Å². The average molecular weight is 360 g/mol. The first-order chi connectivity index (χ1) is 11.5. The number of nitrogens with one attached hydrogen (secondary N) is 1. The zero-order valence-electron chi connectivity index (χ0n) is 15.2. The minimum Gasteiger partial charge on any atom is -0.356 e. The Bertz CT molecular complexity index is 501. The maximum Gasteiger partial charge on any atom is 0.282 e. The molecule has 1 amide bonds. The Labute approximate surface area is 147 Å². The molecule has 2 rings (SSSR count). The van der Waals surface area contributed by atoms with Gasteiger partial charge in [0.05, 0.1) is 5.92 Å². The highest BCUT2D eigenvalue weighted by Gasteiger charge is 2.39. The zero-order valence-corrected chi connectivity index (χ0v) is 16.0. The van der Waals surface area contributed by atoms with Crippen LogP contribution in [-0.4, -0.2) is 55.2 Å². The van der Waals surface area contributed by atoms with E-state index >= 15 is 0 Å². The minimum absolute atomic E-state index is 0.00594. The molecule has 7 heteroatoms. The Morgan fingerprint density at radius 1 is 1.12 bits per heavy atom. The highest BCUT2D eigenvalue weighted by molar-refractivity contribution is 7.86. The Balaban J connectivity index is 2.02. The minimum atomic E-state index is -3.46. The molecule has 0 bridgehead atoms. The van der Waals surface area contributed by atoms with Gasteiger partial charge in [-0.15, -0.1) is 0 Å². The second-order valence-corrected chi connectivity index (χ2v) is 9.04. The number of rotatable bonds is 6. The number of carbonyl (C=O) groups excluding carboxylic acids is 1. The summed E-state index contributed by atoms with van der Waals surface area (Å²) in [4.78, 5) is 12.3. The number of hydrogen-bond donors (Lipinski definition) is 1. The predicted molar refractivity (Wildman–Crippen MR) is 95.8 cm³/mol. The van der Waals surface area contributed by atoms with E-state index in [0.29, 0.717) is 26.2 Å². The summed E-state index contributed by atoms with van der Waals surface area (Å²) in [5, 5.41) is 2.96. The van der Waals surface area contributed by atoms with Gasteiger partial charge in [0.2, 0.25) is 5.91 Å². The van der Waals surface area contributed by atoms with Crippen LogP contribution in [-0.2, 0) is 15.0 Å². The fourth-order valence-electron chi connectivity index (χ4n) is 3.56. The second-order valence-electron chi connectivity index (χ2n) is 7.16. The lowest BCUT2D eigenvalue weighted by Gasteiger charge is -2.39. The average Bonchev–Trinajstić information content (AvgIpc) is 2.85. The molecule has 2 saturated heterocycles. The molecule has 2 aliphatic heterocycles. The van der Waals surface area contributed by atoms with Crippen molar-refractivity contribution in [2.45, 2.75) is 71.3 Å². The molecular weight excluding hydrogens is 326 g/mol. The fourth-order valence-corrected chi connectivity index (χ4v) is 5.51. The van der Waals surface area contributed by atoms with Crippen molar-refractivity contribution in [3.05, 3.63) is 0 Å². The van der Waals surface area contributed by atoms with Crippen LogP contribution in [0.15, 0.2) is 0 Å². The van der Waals surface area contributed by atoms with Gasteiger partial charge in [0.1, 0.15) is 0 Å². The monoisotopic (exact) mass is 359 g/mol. The van der Waals surface area contributed by atoms with Gasteiger partial charge in [0, 0.05) is 32.2 Å². The molecule has 0 aromatic carbocycles. The number of hydrogen-bond acceptors (Lipinski definition) is 3. The predicted octanol–water partition coefficient (Wildman–Crippen LogP) is 2.12. The van der Waals surface area contributed by atoms with Crippen molar-refractivity contribution in [3.63, 3.8) is 0 Å². The van der Waals surface area contributed by atoms with Gasteiger partial charge in [-0.1, -0.05) is 26.2 Å². The first-order valence-corrected chi connectivity index (χ1v) is 10.9. The number of piperidine rings is 1. The van der Waals surface area contributed by atoms with Crippen molar-refractivity contribution >= 4 is 16.1 Å². The summed E-state index contributed by atoms with van der Waals surface area (Å²) in [6, 6.07) is -0.0297. The fraction of sp³-hybridized carbons (Fsp3) is 0.941. The summed E-state index contributed by atoms with van der Waals surface area (Å²) in [6.45, 7) is 6.26. The van der Waals surface area contributed by atoms with Gasteiger partial charge in [-0.25, -0.2) is 0 Å². The normalized spacial score (nSPS) is 27.6. The molecule has 2 heterocycles. The molecule has 0 saturated carbocycles. The Morgan fingerprint density at radius 3 is 2.42 bits per heavy atom. The van der Waals surface area contributed by atoms with E-state index in [9.17, 15) is 13.2 Å². The Hall–Kier alpha value is -0.660. The van der Waals surface area contributed by atoms with Crippen molar-refractivity contribution in [1.82, 2.24) is 13.9 Å². The maximum absolute atomic E-state index is 13.1. The maximum atomic E-state index is 13.1. The van der Waals surface area contributed by atoms with Gasteiger partial charge < -0.3 is 5.32 Å². The topological polar surface area (TPSA) is 69.7 Å². The second kappa shape index (κ2) is 9.15. The van der Waals surface area contributed by atoms with Crippen molar-refractivity contribution in [3.8, 4) is 0 Å². The molecule has 0 spiro atoms. The number of carbonyl (C=O) groups is 1. The highest BCUT2D eigenvalue weighted by Crippen LogP contribution is 2.27. The van der Waals surface area contributed by atoms with Crippen molar-refractivity contribution in [1.29, 1.82) is 0 Å². The van der Waals surface area contributed by atoms with Gasteiger partial charge in [-0.3, -0.25) is 4.79 Å². The molecule has 2 aliphatic rings. The van der Waals surface area contributed by atoms with Crippen LogP contribution in [0.5, 0.6) is 0 Å². The molecule has 2 atom stereocenters. The molecule has 0 aromatic rings. The van der Waals surface area contributed by atoms with E-state index in [2.05, 4.69) is 12.2 Å². The molecule has 2 fully saturated rings. The SMILES string of the molecule is CCCCNC(=O)C1CCC(C)N(S(=O)(=O)N2CCCCCC2)C1. The van der Waals surface area contributed by atoms with Crippen LogP contribution in [0.25, 0.3) is 0 Å². The van der Waals surface area contributed by atoms with Crippen LogP contribution in [0.2, 0.25) is 0 Å². The lowest BCUT2D eigenvalue weighted by atomic mass is 9.94. The Morgan fingerprint density at radius 2 is 1.79 bits per heavy atom. The molecule has 24 heavy (non-hydrogen) atoms. The molecule has 0 radical (unpaired) electrons. The van der Waals surface area contributed by atoms with Gasteiger partial charge in [0.15, 0.2) is 0 Å². The van der Waals surface area contributed by atoms with Crippen molar-refractivity contribution in [2.75, 3.05) is 26.2 Å². The largest absolute Gasteiger partial charge is 0.356 e. The van der Waals surface area contributed by atoms with Crippen molar-refractivity contribution < 1.29 is 13.2 Å². The quantitative estimate of drug-likeness (QED) is 0.739. The van der Waals surface area contributed by atoms with Gasteiger partial charge in [-0.05, 0) is 39.0 Å². The van der Waals surface area contributed by atoms with Crippen LogP contribution in [0.3, 0.4) is 0 Å². The van der Waals surface area contributed by atoms with Crippen molar-refractivity contribution in [2.24, 2.45) is 5.92 Å². The van der Waals surface area contributed by atoms with E-state index in [4.69, 9.17) is 0 Å². The Kier molecular flexibility index (Phi) is 7.50. The van der Waals surface area contributed by atoms with Gasteiger partial charge in [0.25, 0.3) is 10.2 Å². The summed E-state index contributed by atoms with van der Waals surface area (Å²) in [5.41, 5.74) is 0. The summed E-state index contributed by atoms with van der Waals surface area (Å²) in [6.07, 6.45) is 7.59. The van der Waals surface area contributed by atoms with E-state index in [1.165, 1.54) is 0 Å². The molecule has 6 nitrogen and oxygen atoms in total. The first-order valence-electron chi connectivity index (χ1n) is 9.51. The standard InChI is InChI=1S/C17H33N3O3S/c1-3-4-11-18-17(21)16-10-9-15(2)20(14-16)24(22,23)19-12-7-5-6-8-13-19/h15-16H,3-14H2,1-2H3,(H,18,21). The van der Waals surface area contributed by atoms with E-state index in [-0.39, 0.29) is 17.9 Å². The number of unbranched alkanes of at least 4 members (excludes halogenated alkanes) is 1. The third kappa shape index (κ3) is 4.92. The van der Waals surface area contributed by atoms with Crippen LogP contribution in [0.4, 0.5) is 0 Å². The third-order valence-corrected chi connectivity index (χ3v) is 7.33. The zero-order chi connectivity index (χ0) is 17.6. The molecule has 140 valence electrons. The summed E-state index contributed by atoms with van der Waals surface area (Å²) in [7, 11) is -3.46. The van der Waals surface area contributed by atoms with E-state index < -0.39 is 10.2 Å². The summed E-state index contributed by atoms with van der Waals surface area (Å²) >= 11 is 0. The highest BCUT2D eigenvalue weighted by atomic mass is 32.2. The summed E-state index contributed by atoms with van der Waals surface area (Å²) < 4.78 is 29.3. The lowest BCUT2D eigenvalue weighted by Crippen LogP contribution is -2.54. The molecule has 0 aromatic heterocycles. The smallest absolute Gasteiger partial charge is 0.282 e. The molecule has 2 unspecified atom stereocenters. The van der Waals surface area contributed by atoms with Crippen LogP contribution in [0.1, 0.15) is 65.2 Å². The van der Waals surface area contributed by atoms with Crippen LogP contribution in [0, 0.1) is 5.92 Å². The number of amides is 1. The lowest BCUT2D eigenvalue weighted by molar-refractivity contribution is -0.126. The molecule has 1 N–H and O–H groups in total. The van der Waals surface area contributed by atoms with Crippen LogP contribution >= 0.6 is 0 Å². The molecular formula is C17H33N3O3S. The number of nitrogens with zero attached hydrogens (tertiary/aromatic N) is 2. The molecule has 0 aliphatic carbocycles.